The van der Waals surface area contributed by atoms with Gasteiger partial charge in [-0.1, -0.05) is 23.7 Å². The topological polar surface area (TPSA) is 41.1 Å². The second kappa shape index (κ2) is 5.77. The number of benzene rings is 2. The van der Waals surface area contributed by atoms with E-state index < -0.39 is 0 Å². The Morgan fingerprint density at radius 3 is 2.80 bits per heavy atom. The molecular weight excluding hydrogens is 292 g/mol. The quantitative estimate of drug-likeness (QED) is 0.900. The van der Waals surface area contributed by atoms with Crippen LogP contribution in [0.15, 0.2) is 47.4 Å². The third kappa shape index (κ3) is 3.08. The van der Waals surface area contributed by atoms with Crippen LogP contribution in [0.2, 0.25) is 5.02 Å². The molecule has 2 aromatic carbocycles. The molecule has 2 aromatic rings. The van der Waals surface area contributed by atoms with Gasteiger partial charge in [0.05, 0.1) is 11.4 Å². The lowest BCUT2D eigenvalue weighted by atomic mass is 10.2. The van der Waals surface area contributed by atoms with Gasteiger partial charge in [0.1, 0.15) is 0 Å². The van der Waals surface area contributed by atoms with E-state index in [1.807, 2.05) is 42.5 Å². The third-order valence-electron chi connectivity index (χ3n) is 3.02. The highest BCUT2D eigenvalue weighted by Crippen LogP contribution is 2.33. The largest absolute Gasteiger partial charge is 0.381 e. The van der Waals surface area contributed by atoms with E-state index in [4.69, 9.17) is 11.6 Å². The van der Waals surface area contributed by atoms with Crippen molar-refractivity contribution in [2.45, 2.75) is 11.4 Å². The van der Waals surface area contributed by atoms with Crippen LogP contribution in [-0.4, -0.2) is 11.7 Å². The Bertz CT molecular complexity index is 643. The molecular formula is C15H13ClN2OS. The number of anilines is 2. The highest BCUT2D eigenvalue weighted by molar-refractivity contribution is 8.00. The molecule has 0 saturated carbocycles. The van der Waals surface area contributed by atoms with Crippen molar-refractivity contribution in [2.24, 2.45) is 0 Å². The van der Waals surface area contributed by atoms with Gasteiger partial charge in [0, 0.05) is 22.2 Å². The van der Waals surface area contributed by atoms with Gasteiger partial charge in [0.25, 0.3) is 0 Å². The van der Waals surface area contributed by atoms with Gasteiger partial charge < -0.3 is 10.6 Å². The Morgan fingerprint density at radius 2 is 2.00 bits per heavy atom. The molecule has 0 radical (unpaired) electrons. The standard InChI is InChI=1S/C15H13ClN2OS/c16-11-3-1-10(2-4-11)8-17-12-5-6-14-13(7-12)18-15(19)9-20-14/h1-7,17H,8-9H2,(H,18,19). The number of hydrogen-bond donors (Lipinski definition) is 2. The van der Waals surface area contributed by atoms with Crippen LogP contribution in [0.4, 0.5) is 11.4 Å². The Balaban J connectivity index is 1.70. The lowest BCUT2D eigenvalue weighted by Gasteiger charge is -2.17. The number of thioether (sulfide) groups is 1. The monoisotopic (exact) mass is 304 g/mol. The number of nitrogens with one attached hydrogen (secondary N) is 2. The van der Waals surface area contributed by atoms with E-state index >= 15 is 0 Å². The second-order valence-corrected chi connectivity index (χ2v) is 5.98. The van der Waals surface area contributed by atoms with Gasteiger partial charge in [-0.3, -0.25) is 4.79 Å². The zero-order chi connectivity index (χ0) is 13.9. The summed E-state index contributed by atoms with van der Waals surface area (Å²) in [5.41, 5.74) is 3.03. The lowest BCUT2D eigenvalue weighted by Crippen LogP contribution is -2.18. The van der Waals surface area contributed by atoms with Crippen LogP contribution in [0, 0.1) is 0 Å². The molecule has 20 heavy (non-hydrogen) atoms. The summed E-state index contributed by atoms with van der Waals surface area (Å²) >= 11 is 7.43. The molecule has 0 saturated heterocycles. The van der Waals surface area contributed by atoms with E-state index in [0.29, 0.717) is 5.75 Å². The highest BCUT2D eigenvalue weighted by atomic mass is 35.5. The normalized spacial score (nSPS) is 13.6. The fourth-order valence-corrected chi connectivity index (χ4v) is 2.91. The molecule has 1 heterocycles. The van der Waals surface area contributed by atoms with Crippen LogP contribution < -0.4 is 10.6 Å². The number of carbonyl (C=O) groups excluding carboxylic acids is 1. The smallest absolute Gasteiger partial charge is 0.234 e. The van der Waals surface area contributed by atoms with Gasteiger partial charge in [-0.15, -0.1) is 11.8 Å². The Hall–Kier alpha value is -1.65. The maximum absolute atomic E-state index is 11.4. The summed E-state index contributed by atoms with van der Waals surface area (Å²) in [5, 5.41) is 6.97. The summed E-state index contributed by atoms with van der Waals surface area (Å²) in [6, 6.07) is 13.8. The zero-order valence-corrected chi connectivity index (χ0v) is 12.2. The summed E-state index contributed by atoms with van der Waals surface area (Å²) in [5.74, 6) is 0.544. The Labute approximate surface area is 126 Å². The van der Waals surface area contributed by atoms with Crippen LogP contribution in [0.1, 0.15) is 5.56 Å². The molecule has 1 aliphatic heterocycles. The molecule has 0 aromatic heterocycles. The number of hydrogen-bond acceptors (Lipinski definition) is 3. The summed E-state index contributed by atoms with van der Waals surface area (Å²) in [7, 11) is 0. The highest BCUT2D eigenvalue weighted by Gasteiger charge is 2.15. The van der Waals surface area contributed by atoms with Crippen LogP contribution in [-0.2, 0) is 11.3 Å². The van der Waals surface area contributed by atoms with Crippen molar-refractivity contribution in [1.82, 2.24) is 0 Å². The number of rotatable bonds is 3. The fraction of sp³-hybridized carbons (Fsp3) is 0.133. The molecule has 102 valence electrons. The first-order chi connectivity index (χ1) is 9.70. The van der Waals surface area contributed by atoms with Crippen molar-refractivity contribution in [1.29, 1.82) is 0 Å². The molecule has 0 spiro atoms. The average Bonchev–Trinajstić information content (AvgIpc) is 2.46. The number of fused-ring (bicyclic) bond motifs is 1. The predicted molar refractivity (Wildman–Crippen MR) is 84.6 cm³/mol. The summed E-state index contributed by atoms with van der Waals surface area (Å²) in [6.07, 6.45) is 0. The van der Waals surface area contributed by atoms with Crippen molar-refractivity contribution >= 4 is 40.6 Å². The second-order valence-electron chi connectivity index (χ2n) is 4.53. The van der Waals surface area contributed by atoms with Gasteiger partial charge in [0.15, 0.2) is 0 Å². The summed E-state index contributed by atoms with van der Waals surface area (Å²) in [6.45, 7) is 0.719. The average molecular weight is 305 g/mol. The van der Waals surface area contributed by atoms with Crippen molar-refractivity contribution in [2.75, 3.05) is 16.4 Å². The van der Waals surface area contributed by atoms with Gasteiger partial charge in [-0.2, -0.15) is 0 Å². The third-order valence-corrected chi connectivity index (χ3v) is 4.35. The van der Waals surface area contributed by atoms with Crippen molar-refractivity contribution in [3.63, 3.8) is 0 Å². The minimum Gasteiger partial charge on any atom is -0.381 e. The molecule has 3 rings (SSSR count). The molecule has 0 bridgehead atoms. The Morgan fingerprint density at radius 1 is 1.20 bits per heavy atom. The number of halogens is 1. The summed E-state index contributed by atoms with van der Waals surface area (Å²) in [4.78, 5) is 12.5. The van der Waals surface area contributed by atoms with E-state index in [9.17, 15) is 4.79 Å². The van der Waals surface area contributed by atoms with E-state index in [1.54, 1.807) is 11.8 Å². The molecule has 0 aliphatic carbocycles. The van der Waals surface area contributed by atoms with Gasteiger partial charge >= 0.3 is 0 Å². The summed E-state index contributed by atoms with van der Waals surface area (Å²) < 4.78 is 0. The van der Waals surface area contributed by atoms with Crippen molar-refractivity contribution < 1.29 is 4.79 Å². The van der Waals surface area contributed by atoms with E-state index in [2.05, 4.69) is 10.6 Å². The van der Waals surface area contributed by atoms with E-state index in [-0.39, 0.29) is 5.91 Å². The minimum atomic E-state index is 0.0531. The number of carbonyl (C=O) groups is 1. The maximum atomic E-state index is 11.4. The first-order valence-electron chi connectivity index (χ1n) is 6.26. The molecule has 0 unspecified atom stereocenters. The SMILES string of the molecule is O=C1CSc2ccc(NCc3ccc(Cl)cc3)cc2N1. The van der Waals surface area contributed by atoms with Crippen molar-refractivity contribution in [3.05, 3.63) is 53.1 Å². The molecule has 1 amide bonds. The molecule has 5 heteroatoms. The Kier molecular flexibility index (Phi) is 3.85. The minimum absolute atomic E-state index is 0.0531. The molecule has 0 fully saturated rings. The van der Waals surface area contributed by atoms with E-state index in [1.165, 1.54) is 0 Å². The lowest BCUT2D eigenvalue weighted by molar-refractivity contribution is -0.113. The predicted octanol–water partition coefficient (Wildman–Crippen LogP) is 4.00. The first-order valence-corrected chi connectivity index (χ1v) is 7.62. The first kappa shape index (κ1) is 13.3. The van der Waals surface area contributed by atoms with Gasteiger partial charge in [0.2, 0.25) is 5.91 Å². The molecule has 0 atom stereocenters. The number of amides is 1. The molecule has 2 N–H and O–H groups in total. The zero-order valence-electron chi connectivity index (χ0n) is 10.7. The van der Waals surface area contributed by atoms with Crippen LogP contribution in [0.3, 0.4) is 0 Å². The molecule has 3 nitrogen and oxygen atoms in total. The van der Waals surface area contributed by atoms with E-state index in [0.717, 1.165) is 33.4 Å². The van der Waals surface area contributed by atoms with Gasteiger partial charge in [-0.25, -0.2) is 0 Å². The van der Waals surface area contributed by atoms with Crippen molar-refractivity contribution in [3.8, 4) is 0 Å². The van der Waals surface area contributed by atoms with Crippen LogP contribution in [0.25, 0.3) is 0 Å². The molecule has 1 aliphatic rings. The van der Waals surface area contributed by atoms with Crippen LogP contribution >= 0.6 is 23.4 Å². The maximum Gasteiger partial charge on any atom is 0.234 e. The van der Waals surface area contributed by atoms with Gasteiger partial charge in [-0.05, 0) is 35.9 Å². The van der Waals surface area contributed by atoms with Crippen LogP contribution in [0.5, 0.6) is 0 Å². The fourth-order valence-electron chi connectivity index (χ4n) is 2.00.